The van der Waals surface area contributed by atoms with Crippen LogP contribution in [0.15, 0.2) is 35.7 Å². The second kappa shape index (κ2) is 10.6. The first-order valence-electron chi connectivity index (χ1n) is 9.61. The maximum absolute atomic E-state index is 12.7. The highest BCUT2D eigenvalue weighted by Gasteiger charge is 2.31. The van der Waals surface area contributed by atoms with Crippen molar-refractivity contribution in [2.75, 3.05) is 32.8 Å². The van der Waals surface area contributed by atoms with Crippen molar-refractivity contribution in [1.29, 1.82) is 0 Å². The van der Waals surface area contributed by atoms with Crippen molar-refractivity contribution in [2.24, 2.45) is 5.92 Å². The Hall–Kier alpha value is -1.70. The van der Waals surface area contributed by atoms with E-state index in [1.54, 1.807) is 11.0 Å². The molecule has 0 bridgehead atoms. The van der Waals surface area contributed by atoms with E-state index < -0.39 is 10.0 Å². The second-order valence-electron chi connectivity index (χ2n) is 6.83. The molecular formula is C20H30N2O4S. The molecule has 1 heterocycles. The van der Waals surface area contributed by atoms with Gasteiger partial charge in [-0.1, -0.05) is 43.7 Å². The zero-order valence-electron chi connectivity index (χ0n) is 16.0. The van der Waals surface area contributed by atoms with Gasteiger partial charge in [0.25, 0.3) is 0 Å². The van der Waals surface area contributed by atoms with Gasteiger partial charge in [0.05, 0.1) is 6.61 Å². The van der Waals surface area contributed by atoms with Crippen molar-refractivity contribution < 1.29 is 18.3 Å². The molecule has 1 aromatic carbocycles. The van der Waals surface area contributed by atoms with Gasteiger partial charge in [0.2, 0.25) is 15.9 Å². The molecule has 2 rings (SSSR count). The number of amides is 1. The Kier molecular flexibility index (Phi) is 8.47. The summed E-state index contributed by atoms with van der Waals surface area (Å²) < 4.78 is 26.5. The summed E-state index contributed by atoms with van der Waals surface area (Å²) in [5.74, 6) is -0.132. The van der Waals surface area contributed by atoms with E-state index in [0.29, 0.717) is 39.0 Å². The molecule has 1 aromatic rings. The molecule has 0 radical (unpaired) electrons. The summed E-state index contributed by atoms with van der Waals surface area (Å²) in [6.07, 6.45) is 4.53. The molecule has 150 valence electrons. The Morgan fingerprint density at radius 3 is 2.48 bits per heavy atom. The lowest BCUT2D eigenvalue weighted by Crippen LogP contribution is -2.45. The minimum atomic E-state index is -3.49. The molecule has 0 aromatic heterocycles. The molecule has 0 atom stereocenters. The van der Waals surface area contributed by atoms with Gasteiger partial charge < -0.3 is 10.0 Å². The van der Waals surface area contributed by atoms with Crippen molar-refractivity contribution in [2.45, 2.75) is 32.6 Å². The van der Waals surface area contributed by atoms with E-state index in [0.717, 1.165) is 18.4 Å². The molecular weight excluding hydrogens is 364 g/mol. The van der Waals surface area contributed by atoms with Crippen LogP contribution >= 0.6 is 0 Å². The zero-order chi connectivity index (χ0) is 19.7. The number of carbonyl (C=O) groups is 1. The molecule has 1 amide bonds. The van der Waals surface area contributed by atoms with E-state index >= 15 is 0 Å². The molecule has 1 aliphatic rings. The number of benzene rings is 1. The van der Waals surface area contributed by atoms with Crippen LogP contribution in [0, 0.1) is 5.92 Å². The fraction of sp³-hybridized carbons (Fsp3) is 0.550. The fourth-order valence-corrected chi connectivity index (χ4v) is 4.45. The number of rotatable bonds is 9. The highest BCUT2D eigenvalue weighted by Crippen LogP contribution is 2.23. The molecule has 7 heteroatoms. The minimum Gasteiger partial charge on any atom is -0.395 e. The number of unbranched alkanes of at least 4 members (excludes halogenated alkanes) is 1. The summed E-state index contributed by atoms with van der Waals surface area (Å²) in [4.78, 5) is 14.4. The van der Waals surface area contributed by atoms with Gasteiger partial charge in [-0.25, -0.2) is 8.42 Å². The topological polar surface area (TPSA) is 77.9 Å². The third kappa shape index (κ3) is 6.45. The molecule has 0 spiro atoms. The van der Waals surface area contributed by atoms with E-state index in [-0.39, 0.29) is 18.4 Å². The Morgan fingerprint density at radius 2 is 1.89 bits per heavy atom. The zero-order valence-corrected chi connectivity index (χ0v) is 16.8. The van der Waals surface area contributed by atoms with E-state index in [1.165, 1.54) is 9.71 Å². The SMILES string of the molecule is CCCCN(CCO)C(=O)C1CCN(S(=O)(=O)/C=C/c2ccccc2)CC1. The Bertz CT molecular complexity index is 711. The number of aliphatic hydroxyl groups excluding tert-OH is 1. The number of carbonyl (C=O) groups excluding carboxylic acids is 1. The molecule has 0 saturated carbocycles. The summed E-state index contributed by atoms with van der Waals surface area (Å²) in [7, 11) is -3.49. The van der Waals surface area contributed by atoms with Gasteiger partial charge in [-0.3, -0.25) is 4.79 Å². The second-order valence-corrected chi connectivity index (χ2v) is 8.65. The number of hydrogen-bond acceptors (Lipinski definition) is 4. The fourth-order valence-electron chi connectivity index (χ4n) is 3.23. The number of hydrogen-bond donors (Lipinski definition) is 1. The molecule has 27 heavy (non-hydrogen) atoms. The lowest BCUT2D eigenvalue weighted by Gasteiger charge is -2.33. The van der Waals surface area contributed by atoms with Gasteiger partial charge in [-0.2, -0.15) is 4.31 Å². The lowest BCUT2D eigenvalue weighted by atomic mass is 9.96. The van der Waals surface area contributed by atoms with Crippen molar-refractivity contribution in [3.8, 4) is 0 Å². The predicted octanol–water partition coefficient (Wildman–Crippen LogP) is 2.32. The number of nitrogens with zero attached hydrogens (tertiary/aromatic N) is 2. The van der Waals surface area contributed by atoms with Crippen molar-refractivity contribution in [3.63, 3.8) is 0 Å². The quantitative estimate of drug-likeness (QED) is 0.697. The van der Waals surface area contributed by atoms with Crippen molar-refractivity contribution in [1.82, 2.24) is 9.21 Å². The first kappa shape index (κ1) is 21.6. The molecule has 1 N–H and O–H groups in total. The highest BCUT2D eigenvalue weighted by atomic mass is 32.2. The van der Waals surface area contributed by atoms with Crippen LogP contribution in [0.3, 0.4) is 0 Å². The van der Waals surface area contributed by atoms with Crippen molar-refractivity contribution in [3.05, 3.63) is 41.3 Å². The number of piperidine rings is 1. The van der Waals surface area contributed by atoms with E-state index in [4.69, 9.17) is 0 Å². The minimum absolute atomic E-state index is 0.0365. The molecule has 1 aliphatic heterocycles. The van der Waals surface area contributed by atoms with Gasteiger partial charge in [0.1, 0.15) is 0 Å². The number of sulfonamides is 1. The van der Waals surface area contributed by atoms with E-state index in [9.17, 15) is 18.3 Å². The first-order chi connectivity index (χ1) is 13.0. The van der Waals surface area contributed by atoms with E-state index in [2.05, 4.69) is 6.92 Å². The summed E-state index contributed by atoms with van der Waals surface area (Å²) in [5.41, 5.74) is 0.835. The van der Waals surface area contributed by atoms with Gasteiger partial charge in [0.15, 0.2) is 0 Å². The standard InChI is InChI=1S/C20H30N2O4S/c1-2-3-12-21(15-16-23)20(24)19-9-13-22(14-10-19)27(25,26)17-11-18-7-5-4-6-8-18/h4-8,11,17,19,23H,2-3,9-10,12-16H2,1H3/b17-11+. The Balaban J connectivity index is 1.93. The number of aliphatic hydroxyl groups is 1. The normalized spacial score (nSPS) is 16.7. The van der Waals surface area contributed by atoms with Crippen LogP contribution in [0.4, 0.5) is 0 Å². The van der Waals surface area contributed by atoms with Crippen LogP contribution in [0.1, 0.15) is 38.2 Å². The molecule has 0 aliphatic carbocycles. The van der Waals surface area contributed by atoms with Crippen LogP contribution in [0.25, 0.3) is 6.08 Å². The smallest absolute Gasteiger partial charge is 0.236 e. The third-order valence-corrected chi connectivity index (χ3v) is 6.42. The molecule has 0 unspecified atom stereocenters. The predicted molar refractivity (Wildman–Crippen MR) is 107 cm³/mol. The average Bonchev–Trinajstić information content (AvgIpc) is 2.70. The van der Waals surface area contributed by atoms with Gasteiger partial charge in [-0.15, -0.1) is 0 Å². The largest absolute Gasteiger partial charge is 0.395 e. The first-order valence-corrected chi connectivity index (χ1v) is 11.1. The Labute approximate surface area is 162 Å². The maximum atomic E-state index is 12.7. The van der Waals surface area contributed by atoms with Crippen LogP contribution < -0.4 is 0 Å². The summed E-state index contributed by atoms with van der Waals surface area (Å²) in [5, 5.41) is 10.4. The van der Waals surface area contributed by atoms with Crippen LogP contribution in [0.2, 0.25) is 0 Å². The summed E-state index contributed by atoms with van der Waals surface area (Å²) in [6.45, 7) is 3.70. The Morgan fingerprint density at radius 1 is 1.22 bits per heavy atom. The van der Waals surface area contributed by atoms with Gasteiger partial charge in [-0.05, 0) is 30.9 Å². The molecule has 1 saturated heterocycles. The third-order valence-electron chi connectivity index (χ3n) is 4.86. The van der Waals surface area contributed by atoms with Crippen LogP contribution in [-0.2, 0) is 14.8 Å². The lowest BCUT2D eigenvalue weighted by molar-refractivity contribution is -0.137. The molecule has 6 nitrogen and oxygen atoms in total. The molecule has 1 fully saturated rings. The van der Waals surface area contributed by atoms with Crippen LogP contribution in [-0.4, -0.2) is 61.4 Å². The maximum Gasteiger partial charge on any atom is 0.236 e. The van der Waals surface area contributed by atoms with Crippen molar-refractivity contribution >= 4 is 22.0 Å². The van der Waals surface area contributed by atoms with Gasteiger partial charge >= 0.3 is 0 Å². The van der Waals surface area contributed by atoms with E-state index in [1.807, 2.05) is 30.3 Å². The van der Waals surface area contributed by atoms with Crippen LogP contribution in [0.5, 0.6) is 0 Å². The summed E-state index contributed by atoms with van der Waals surface area (Å²) >= 11 is 0. The monoisotopic (exact) mass is 394 g/mol. The average molecular weight is 395 g/mol. The van der Waals surface area contributed by atoms with Gasteiger partial charge in [0, 0.05) is 37.5 Å². The highest BCUT2D eigenvalue weighted by molar-refractivity contribution is 7.92. The summed E-state index contributed by atoms with van der Waals surface area (Å²) in [6, 6.07) is 9.31.